The Hall–Kier alpha value is -3.12. The summed E-state index contributed by atoms with van der Waals surface area (Å²) in [5.41, 5.74) is 6.24. The molecule has 1 heterocycles. The van der Waals surface area contributed by atoms with Gasteiger partial charge in [-0.05, 0) is 22.9 Å². The van der Waals surface area contributed by atoms with E-state index in [1.54, 1.807) is 12.1 Å². The number of carboxylic acid groups (broad SMARTS) is 1. The van der Waals surface area contributed by atoms with Gasteiger partial charge in [0.1, 0.15) is 11.8 Å². The van der Waals surface area contributed by atoms with Crippen LogP contribution in [0.2, 0.25) is 0 Å². The van der Waals surface area contributed by atoms with Crippen molar-refractivity contribution in [3.8, 4) is 11.3 Å². The van der Waals surface area contributed by atoms with E-state index in [1.165, 1.54) is 0 Å². The SMILES string of the molecule is N[C@H](CNC(=O)c1ccc(-c2cccc3ccccc23)o1)C(=O)O. The fourth-order valence-electron chi connectivity index (χ4n) is 2.42. The first-order chi connectivity index (χ1) is 11.6. The second-order valence-electron chi connectivity index (χ2n) is 5.35. The van der Waals surface area contributed by atoms with E-state index in [9.17, 15) is 9.59 Å². The van der Waals surface area contributed by atoms with Gasteiger partial charge in [0.25, 0.3) is 5.91 Å². The van der Waals surface area contributed by atoms with E-state index in [4.69, 9.17) is 15.3 Å². The zero-order valence-electron chi connectivity index (χ0n) is 12.7. The van der Waals surface area contributed by atoms with E-state index in [0.717, 1.165) is 16.3 Å². The van der Waals surface area contributed by atoms with Gasteiger partial charge in [-0.1, -0.05) is 42.5 Å². The van der Waals surface area contributed by atoms with Crippen LogP contribution in [0.1, 0.15) is 10.6 Å². The van der Waals surface area contributed by atoms with Crippen LogP contribution < -0.4 is 11.1 Å². The highest BCUT2D eigenvalue weighted by molar-refractivity contribution is 5.97. The van der Waals surface area contributed by atoms with Crippen LogP contribution in [0.3, 0.4) is 0 Å². The molecule has 0 spiro atoms. The van der Waals surface area contributed by atoms with Gasteiger partial charge in [-0.3, -0.25) is 9.59 Å². The lowest BCUT2D eigenvalue weighted by molar-refractivity contribution is -0.138. The minimum atomic E-state index is -1.17. The standard InChI is InChI=1S/C18H16N2O4/c19-14(18(22)23)10-20-17(21)16-9-8-15(24-16)13-7-3-5-11-4-1-2-6-12(11)13/h1-9,14H,10,19H2,(H,20,21)(H,22,23)/t14-/m1/s1. The average Bonchev–Trinajstić information content (AvgIpc) is 3.08. The van der Waals surface area contributed by atoms with E-state index < -0.39 is 17.9 Å². The van der Waals surface area contributed by atoms with E-state index in [0.29, 0.717) is 5.76 Å². The number of nitrogens with two attached hydrogens (primary N) is 1. The highest BCUT2D eigenvalue weighted by Gasteiger charge is 2.16. The van der Waals surface area contributed by atoms with Crippen molar-refractivity contribution in [2.75, 3.05) is 6.54 Å². The number of carbonyl (C=O) groups excluding carboxylic acids is 1. The van der Waals surface area contributed by atoms with Crippen molar-refractivity contribution in [3.63, 3.8) is 0 Å². The number of furan rings is 1. The molecule has 0 unspecified atom stereocenters. The maximum absolute atomic E-state index is 12.0. The number of fused-ring (bicyclic) bond motifs is 1. The first-order valence-electron chi connectivity index (χ1n) is 7.41. The number of hydrogen-bond donors (Lipinski definition) is 3. The number of rotatable bonds is 5. The quantitative estimate of drug-likeness (QED) is 0.667. The van der Waals surface area contributed by atoms with Crippen LogP contribution in [-0.2, 0) is 4.79 Å². The summed E-state index contributed by atoms with van der Waals surface area (Å²) >= 11 is 0. The van der Waals surface area contributed by atoms with Crippen molar-refractivity contribution in [1.82, 2.24) is 5.32 Å². The first-order valence-corrected chi connectivity index (χ1v) is 7.41. The maximum atomic E-state index is 12.0. The van der Waals surface area contributed by atoms with Gasteiger partial charge in [-0.25, -0.2) is 0 Å². The number of hydrogen-bond acceptors (Lipinski definition) is 4. The molecule has 0 radical (unpaired) electrons. The molecule has 24 heavy (non-hydrogen) atoms. The van der Waals surface area contributed by atoms with Crippen molar-refractivity contribution in [1.29, 1.82) is 0 Å². The largest absolute Gasteiger partial charge is 0.480 e. The molecule has 0 aliphatic heterocycles. The molecule has 0 aliphatic rings. The summed E-state index contributed by atoms with van der Waals surface area (Å²) < 4.78 is 5.63. The molecule has 0 fully saturated rings. The average molecular weight is 324 g/mol. The summed E-state index contributed by atoms with van der Waals surface area (Å²) in [4.78, 5) is 22.7. The predicted molar refractivity (Wildman–Crippen MR) is 89.6 cm³/mol. The Morgan fingerprint density at radius 2 is 1.83 bits per heavy atom. The third-order valence-electron chi connectivity index (χ3n) is 3.68. The molecule has 0 saturated heterocycles. The number of aliphatic carboxylic acids is 1. The van der Waals surface area contributed by atoms with Crippen molar-refractivity contribution in [2.24, 2.45) is 5.73 Å². The number of carbonyl (C=O) groups is 2. The Bertz CT molecular complexity index is 895. The summed E-state index contributed by atoms with van der Waals surface area (Å²) in [5.74, 6) is -1.00. The molecule has 0 aliphatic carbocycles. The normalized spacial score (nSPS) is 12.0. The fraction of sp³-hybridized carbons (Fsp3) is 0.111. The summed E-state index contributed by atoms with van der Waals surface area (Å²) in [6.07, 6.45) is 0. The smallest absolute Gasteiger partial charge is 0.322 e. The molecule has 3 rings (SSSR count). The predicted octanol–water partition coefficient (Wildman–Crippen LogP) is 2.24. The van der Waals surface area contributed by atoms with Gasteiger partial charge < -0.3 is 20.6 Å². The number of carboxylic acids is 1. The van der Waals surface area contributed by atoms with Crippen LogP contribution in [0.15, 0.2) is 59.0 Å². The molecule has 6 nitrogen and oxygen atoms in total. The van der Waals surface area contributed by atoms with E-state index >= 15 is 0 Å². The number of benzene rings is 2. The molecule has 0 saturated carbocycles. The summed E-state index contributed by atoms with van der Waals surface area (Å²) in [6.45, 7) is -0.168. The van der Waals surface area contributed by atoms with Crippen molar-refractivity contribution in [2.45, 2.75) is 6.04 Å². The van der Waals surface area contributed by atoms with E-state index in [1.807, 2.05) is 42.5 Å². The number of nitrogens with one attached hydrogen (secondary N) is 1. The topological polar surface area (TPSA) is 106 Å². The molecule has 4 N–H and O–H groups in total. The van der Waals surface area contributed by atoms with Crippen molar-refractivity contribution >= 4 is 22.6 Å². The van der Waals surface area contributed by atoms with Gasteiger partial charge >= 0.3 is 5.97 Å². The Kier molecular flexibility index (Phi) is 4.31. The zero-order chi connectivity index (χ0) is 17.1. The van der Waals surface area contributed by atoms with E-state index in [2.05, 4.69) is 5.32 Å². The molecule has 6 heteroatoms. The fourth-order valence-corrected chi connectivity index (χ4v) is 2.42. The Morgan fingerprint density at radius 3 is 2.62 bits per heavy atom. The lowest BCUT2D eigenvalue weighted by atomic mass is 10.0. The van der Waals surface area contributed by atoms with Crippen LogP contribution in [0.4, 0.5) is 0 Å². The van der Waals surface area contributed by atoms with Crippen LogP contribution >= 0.6 is 0 Å². The van der Waals surface area contributed by atoms with Crippen LogP contribution in [0, 0.1) is 0 Å². The van der Waals surface area contributed by atoms with Gasteiger partial charge in [0.2, 0.25) is 0 Å². The molecule has 1 atom stereocenters. The lowest BCUT2D eigenvalue weighted by Gasteiger charge is -2.07. The molecule has 3 aromatic rings. The third-order valence-corrected chi connectivity index (χ3v) is 3.68. The van der Waals surface area contributed by atoms with Gasteiger partial charge in [0.05, 0.1) is 0 Å². The first kappa shape index (κ1) is 15.8. The molecule has 0 bridgehead atoms. The summed E-state index contributed by atoms with van der Waals surface area (Å²) in [6, 6.07) is 15.8. The zero-order valence-corrected chi connectivity index (χ0v) is 12.7. The summed E-state index contributed by atoms with van der Waals surface area (Å²) in [7, 11) is 0. The Labute approximate surface area is 137 Å². The van der Waals surface area contributed by atoms with Crippen LogP contribution in [0.5, 0.6) is 0 Å². The highest BCUT2D eigenvalue weighted by atomic mass is 16.4. The van der Waals surface area contributed by atoms with E-state index in [-0.39, 0.29) is 12.3 Å². The van der Waals surface area contributed by atoms with Crippen molar-refractivity contribution in [3.05, 3.63) is 60.4 Å². The molecular weight excluding hydrogens is 308 g/mol. The van der Waals surface area contributed by atoms with Gasteiger partial charge in [-0.15, -0.1) is 0 Å². The minimum absolute atomic E-state index is 0.107. The van der Waals surface area contributed by atoms with Crippen LogP contribution in [-0.4, -0.2) is 29.6 Å². The molecule has 122 valence electrons. The second kappa shape index (κ2) is 6.55. The molecule has 1 amide bonds. The second-order valence-corrected chi connectivity index (χ2v) is 5.35. The van der Waals surface area contributed by atoms with Crippen molar-refractivity contribution < 1.29 is 19.1 Å². The Morgan fingerprint density at radius 1 is 1.08 bits per heavy atom. The summed E-state index contributed by atoms with van der Waals surface area (Å²) in [5, 5.41) is 13.3. The van der Waals surface area contributed by atoms with Crippen LogP contribution in [0.25, 0.3) is 22.1 Å². The minimum Gasteiger partial charge on any atom is -0.480 e. The third kappa shape index (κ3) is 3.13. The highest BCUT2D eigenvalue weighted by Crippen LogP contribution is 2.29. The lowest BCUT2D eigenvalue weighted by Crippen LogP contribution is -2.42. The van der Waals surface area contributed by atoms with Gasteiger partial charge in [0.15, 0.2) is 5.76 Å². The Balaban J connectivity index is 1.82. The van der Waals surface area contributed by atoms with Gasteiger partial charge in [0, 0.05) is 12.1 Å². The van der Waals surface area contributed by atoms with Gasteiger partial charge in [-0.2, -0.15) is 0 Å². The molecule has 2 aromatic carbocycles. The number of amides is 1. The maximum Gasteiger partial charge on any atom is 0.322 e. The molecule has 1 aromatic heterocycles. The monoisotopic (exact) mass is 324 g/mol. The molecular formula is C18H16N2O4.